The number of aliphatic hydroxyl groups excluding tert-OH is 1. The second kappa shape index (κ2) is 22.0. The Labute approximate surface area is 161 Å². The van der Waals surface area contributed by atoms with E-state index in [2.05, 4.69) is 6.92 Å². The first-order valence-electron chi connectivity index (χ1n) is 11.1. The van der Waals surface area contributed by atoms with Gasteiger partial charge < -0.3 is 5.11 Å². The van der Waals surface area contributed by atoms with Crippen LogP contribution in [-0.2, 0) is 4.79 Å². The normalized spacial score (nSPS) is 11.1. The van der Waals surface area contributed by atoms with Crippen LogP contribution in [0.2, 0.25) is 0 Å². The lowest BCUT2D eigenvalue weighted by Crippen LogP contribution is -1.98. The maximum Gasteiger partial charge on any atom is 0.214 e. The molecular weight excluding hydrogens is 328 g/mol. The van der Waals surface area contributed by atoms with E-state index in [0.717, 1.165) is 12.2 Å². The Hall–Kier alpha value is -0.0200. The van der Waals surface area contributed by atoms with Gasteiger partial charge in [-0.2, -0.15) is 0 Å². The molecule has 150 valence electrons. The minimum Gasteiger partial charge on any atom is -0.388 e. The van der Waals surface area contributed by atoms with Gasteiger partial charge in [0.2, 0.25) is 5.12 Å². The average Bonchev–Trinajstić information content (AvgIpc) is 2.63. The van der Waals surface area contributed by atoms with Gasteiger partial charge >= 0.3 is 0 Å². The van der Waals surface area contributed by atoms with Gasteiger partial charge in [-0.1, -0.05) is 128 Å². The number of carbonyl (C=O) groups excluding carboxylic acids is 1. The Morgan fingerprint density at radius 2 is 0.920 bits per heavy atom. The van der Waals surface area contributed by atoms with Crippen molar-refractivity contribution in [3.05, 3.63) is 0 Å². The molecule has 3 heteroatoms. The van der Waals surface area contributed by atoms with Crippen molar-refractivity contribution < 1.29 is 9.90 Å². The Bertz CT molecular complexity index is 269. The van der Waals surface area contributed by atoms with Gasteiger partial charge in [-0.25, -0.2) is 0 Å². The number of thioether (sulfide) groups is 1. The van der Waals surface area contributed by atoms with E-state index in [1.54, 1.807) is 0 Å². The van der Waals surface area contributed by atoms with Gasteiger partial charge in [-0.05, 0) is 6.42 Å². The summed E-state index contributed by atoms with van der Waals surface area (Å²) in [6.45, 7) is 1.97. The number of rotatable bonds is 20. The van der Waals surface area contributed by atoms with Crippen LogP contribution >= 0.6 is 11.8 Å². The summed E-state index contributed by atoms with van der Waals surface area (Å²) >= 11 is 1.28. The lowest BCUT2D eigenvalue weighted by Gasteiger charge is -2.04. The second-order valence-corrected chi connectivity index (χ2v) is 8.54. The molecule has 0 heterocycles. The SMILES string of the molecule is CCCCCCCCCCCCCCCCCCCCSC(=O)CO. The average molecular weight is 373 g/mol. The smallest absolute Gasteiger partial charge is 0.214 e. The van der Waals surface area contributed by atoms with Gasteiger partial charge in [0.1, 0.15) is 6.61 Å². The highest BCUT2D eigenvalue weighted by molar-refractivity contribution is 8.13. The fourth-order valence-electron chi connectivity index (χ4n) is 3.24. The molecule has 0 rings (SSSR count). The van der Waals surface area contributed by atoms with E-state index in [0.29, 0.717) is 0 Å². The first kappa shape index (κ1) is 25.0. The third-order valence-electron chi connectivity index (χ3n) is 4.89. The monoisotopic (exact) mass is 372 g/mol. The van der Waals surface area contributed by atoms with Gasteiger partial charge in [-0.3, -0.25) is 4.79 Å². The molecule has 0 saturated heterocycles. The minimum atomic E-state index is -0.316. The lowest BCUT2D eigenvalue weighted by molar-refractivity contribution is -0.113. The van der Waals surface area contributed by atoms with Gasteiger partial charge in [0.15, 0.2) is 0 Å². The Morgan fingerprint density at radius 3 is 1.24 bits per heavy atom. The van der Waals surface area contributed by atoms with Crippen molar-refractivity contribution in [1.82, 2.24) is 0 Å². The minimum absolute atomic E-state index is 0.0908. The second-order valence-electron chi connectivity index (χ2n) is 7.39. The molecule has 25 heavy (non-hydrogen) atoms. The molecule has 1 N–H and O–H groups in total. The summed E-state index contributed by atoms with van der Waals surface area (Å²) in [5.41, 5.74) is 0. The summed E-state index contributed by atoms with van der Waals surface area (Å²) < 4.78 is 0. The highest BCUT2D eigenvalue weighted by Gasteiger charge is 1.99. The third-order valence-corrected chi connectivity index (χ3v) is 5.83. The molecule has 0 aliphatic heterocycles. The molecule has 2 nitrogen and oxygen atoms in total. The molecule has 0 aromatic rings. The van der Waals surface area contributed by atoms with Crippen LogP contribution in [0.25, 0.3) is 0 Å². The van der Waals surface area contributed by atoms with E-state index in [1.165, 1.54) is 121 Å². The molecule has 0 bridgehead atoms. The van der Waals surface area contributed by atoms with E-state index in [4.69, 9.17) is 5.11 Å². The largest absolute Gasteiger partial charge is 0.388 e. The molecule has 0 aromatic heterocycles. The molecule has 0 atom stereocenters. The summed E-state index contributed by atoms with van der Waals surface area (Å²) in [6.07, 6.45) is 25.0. The molecule has 0 radical (unpaired) electrons. The first-order valence-corrected chi connectivity index (χ1v) is 12.1. The maximum absolute atomic E-state index is 10.9. The standard InChI is InChI=1S/C22H44O2S/c1-2-3-4-5-6-7-8-9-10-11-12-13-14-15-16-17-18-19-20-25-22(24)21-23/h23H,2-21H2,1H3. The summed E-state index contributed by atoms with van der Waals surface area (Å²) in [5.74, 6) is 0.873. The Kier molecular flexibility index (Phi) is 22.0. The lowest BCUT2D eigenvalue weighted by atomic mass is 10.0. The highest BCUT2D eigenvalue weighted by atomic mass is 32.2. The summed E-state index contributed by atoms with van der Waals surface area (Å²) in [4.78, 5) is 10.9. The Balaban J connectivity index is 2.99. The van der Waals surface area contributed by atoms with Crippen molar-refractivity contribution in [2.24, 2.45) is 0 Å². The van der Waals surface area contributed by atoms with Crippen molar-refractivity contribution >= 4 is 16.9 Å². The van der Waals surface area contributed by atoms with Crippen LogP contribution in [0.15, 0.2) is 0 Å². The molecule has 0 amide bonds. The fourth-order valence-corrected chi connectivity index (χ4v) is 3.90. The van der Waals surface area contributed by atoms with Crippen molar-refractivity contribution in [3.63, 3.8) is 0 Å². The van der Waals surface area contributed by atoms with Crippen LogP contribution in [-0.4, -0.2) is 22.6 Å². The van der Waals surface area contributed by atoms with Gasteiger partial charge in [-0.15, -0.1) is 0 Å². The predicted octanol–water partition coefficient (Wildman–Crippen LogP) is 7.28. The van der Waals surface area contributed by atoms with E-state index in [9.17, 15) is 4.79 Å². The van der Waals surface area contributed by atoms with Crippen LogP contribution in [0.3, 0.4) is 0 Å². The molecule has 0 aromatic carbocycles. The quantitative estimate of drug-likeness (QED) is 0.228. The number of hydrogen-bond acceptors (Lipinski definition) is 3. The number of aliphatic hydroxyl groups is 1. The van der Waals surface area contributed by atoms with E-state index >= 15 is 0 Å². The molecule has 0 spiro atoms. The van der Waals surface area contributed by atoms with Crippen LogP contribution < -0.4 is 0 Å². The van der Waals surface area contributed by atoms with Crippen molar-refractivity contribution in [3.8, 4) is 0 Å². The highest BCUT2D eigenvalue weighted by Crippen LogP contribution is 2.15. The number of unbranched alkanes of at least 4 members (excludes halogenated alkanes) is 17. The molecular formula is C22H44O2S. The van der Waals surface area contributed by atoms with E-state index < -0.39 is 0 Å². The zero-order valence-electron chi connectivity index (χ0n) is 16.9. The van der Waals surface area contributed by atoms with Crippen LogP contribution in [0.4, 0.5) is 0 Å². The maximum atomic E-state index is 10.9. The number of hydrogen-bond donors (Lipinski definition) is 1. The molecule has 0 aliphatic rings. The zero-order chi connectivity index (χ0) is 18.4. The van der Waals surface area contributed by atoms with Crippen molar-refractivity contribution in [2.45, 2.75) is 122 Å². The summed E-state index contributed by atoms with van der Waals surface area (Å²) in [7, 11) is 0. The van der Waals surface area contributed by atoms with Crippen LogP contribution in [0, 0.1) is 0 Å². The molecule has 0 unspecified atom stereocenters. The molecule has 0 fully saturated rings. The van der Waals surface area contributed by atoms with Crippen LogP contribution in [0.1, 0.15) is 122 Å². The summed E-state index contributed by atoms with van der Waals surface area (Å²) in [6, 6.07) is 0. The van der Waals surface area contributed by atoms with Crippen molar-refractivity contribution in [2.75, 3.05) is 12.4 Å². The van der Waals surface area contributed by atoms with Crippen molar-refractivity contribution in [1.29, 1.82) is 0 Å². The van der Waals surface area contributed by atoms with Gasteiger partial charge in [0.25, 0.3) is 0 Å². The zero-order valence-corrected chi connectivity index (χ0v) is 17.7. The van der Waals surface area contributed by atoms with E-state index in [-0.39, 0.29) is 11.7 Å². The topological polar surface area (TPSA) is 37.3 Å². The first-order chi connectivity index (χ1) is 12.3. The third kappa shape index (κ3) is 21.9. The summed E-state index contributed by atoms with van der Waals surface area (Å²) in [5, 5.41) is 8.53. The van der Waals surface area contributed by atoms with Gasteiger partial charge in [0, 0.05) is 5.75 Å². The number of carbonyl (C=O) groups is 1. The van der Waals surface area contributed by atoms with Crippen LogP contribution in [0.5, 0.6) is 0 Å². The molecule has 0 aliphatic carbocycles. The molecule has 0 saturated carbocycles. The predicted molar refractivity (Wildman–Crippen MR) is 113 cm³/mol. The van der Waals surface area contributed by atoms with E-state index in [1.807, 2.05) is 0 Å². The fraction of sp³-hybridized carbons (Fsp3) is 0.955. The Morgan fingerprint density at radius 1 is 0.600 bits per heavy atom. The van der Waals surface area contributed by atoms with Gasteiger partial charge in [0.05, 0.1) is 0 Å².